The molecule has 3 aromatic rings. The second-order valence-corrected chi connectivity index (χ2v) is 8.67. The van der Waals surface area contributed by atoms with E-state index >= 15 is 0 Å². The average molecular weight is 495 g/mol. The van der Waals surface area contributed by atoms with E-state index in [1.165, 1.54) is 6.33 Å². The van der Waals surface area contributed by atoms with E-state index < -0.39 is 5.60 Å². The molecule has 8 nitrogen and oxygen atoms in total. The van der Waals surface area contributed by atoms with Gasteiger partial charge in [-0.3, -0.25) is 9.88 Å². The first-order valence-electron chi connectivity index (χ1n) is 10.1. The Labute approximate surface area is 202 Å². The number of pyridine rings is 1. The summed E-state index contributed by atoms with van der Waals surface area (Å²) in [6, 6.07) is 5.83. The van der Waals surface area contributed by atoms with Gasteiger partial charge in [0.1, 0.15) is 17.6 Å². The van der Waals surface area contributed by atoms with Crippen molar-refractivity contribution in [3.05, 3.63) is 48.5 Å². The van der Waals surface area contributed by atoms with Crippen molar-refractivity contribution in [2.45, 2.75) is 31.3 Å². The van der Waals surface area contributed by atoms with E-state index in [2.05, 4.69) is 25.3 Å². The molecule has 1 aliphatic carbocycles. The molecule has 0 unspecified atom stereocenters. The Hall–Kier alpha value is -2.49. The minimum absolute atomic E-state index is 0. The lowest BCUT2D eigenvalue weighted by Gasteiger charge is -2.35. The zero-order chi connectivity index (χ0) is 20.4. The summed E-state index contributed by atoms with van der Waals surface area (Å²) in [6.45, 7) is 1.44. The third kappa shape index (κ3) is 5.11. The second-order valence-electron chi connectivity index (χ2n) is 7.81. The number of anilines is 2. The maximum absolute atomic E-state index is 12.4. The van der Waals surface area contributed by atoms with Crippen molar-refractivity contribution in [2.75, 3.05) is 23.3 Å². The Balaban J connectivity index is 0.00000144. The van der Waals surface area contributed by atoms with Crippen LogP contribution in [0.3, 0.4) is 0 Å². The van der Waals surface area contributed by atoms with Gasteiger partial charge in [-0.15, -0.1) is 36.2 Å². The van der Waals surface area contributed by atoms with Crippen LogP contribution in [0.2, 0.25) is 0 Å². The van der Waals surface area contributed by atoms with E-state index in [0.717, 1.165) is 48.7 Å². The van der Waals surface area contributed by atoms with Crippen LogP contribution in [0.1, 0.15) is 25.7 Å². The molecule has 170 valence electrons. The molecule has 1 aliphatic heterocycles. The molecule has 0 aromatic carbocycles. The van der Waals surface area contributed by atoms with Crippen molar-refractivity contribution in [3.8, 4) is 11.4 Å². The fourth-order valence-corrected chi connectivity index (χ4v) is 4.85. The molecule has 1 saturated heterocycles. The standard InChI is InChI=1S/C21H22N6O2S.2ClH/c28-20-27(16-10-22-14-23-11-16)13-21(29-20)6-4-15(5-7-21)9-25-19-26-18(12-30-19)17-3-1-2-8-24-17;;/h1-3,8,10-12,14-15H,4-7,9,13H2,(H,25,26);2*1H/t15-,21-;;. The summed E-state index contributed by atoms with van der Waals surface area (Å²) >= 11 is 1.60. The monoisotopic (exact) mass is 494 g/mol. The lowest BCUT2D eigenvalue weighted by Crippen LogP contribution is -2.39. The van der Waals surface area contributed by atoms with Crippen LogP contribution in [-0.2, 0) is 4.74 Å². The van der Waals surface area contributed by atoms with Gasteiger partial charge in [0.25, 0.3) is 0 Å². The SMILES string of the molecule is Cl.Cl.O=C1O[C@]2(CC[C@H](CNc3nc(-c4ccccn4)cs3)CC2)CN1c1cncnc1. The molecule has 0 bridgehead atoms. The smallest absolute Gasteiger partial charge is 0.415 e. The highest BCUT2D eigenvalue weighted by molar-refractivity contribution is 7.14. The van der Waals surface area contributed by atoms with Gasteiger partial charge in [-0.05, 0) is 43.7 Å². The number of carbonyl (C=O) groups is 1. The van der Waals surface area contributed by atoms with Gasteiger partial charge in [-0.25, -0.2) is 19.7 Å². The number of nitrogens with zero attached hydrogens (tertiary/aromatic N) is 5. The molecule has 0 radical (unpaired) electrons. The number of rotatable bonds is 5. The van der Waals surface area contributed by atoms with Crippen molar-refractivity contribution in [1.29, 1.82) is 0 Å². The van der Waals surface area contributed by atoms with Gasteiger partial charge in [-0.2, -0.15) is 0 Å². The Bertz CT molecular complexity index is 1020. The minimum Gasteiger partial charge on any atom is -0.441 e. The highest BCUT2D eigenvalue weighted by Gasteiger charge is 2.47. The zero-order valence-electron chi connectivity index (χ0n) is 17.2. The molecular weight excluding hydrogens is 471 g/mol. The lowest BCUT2D eigenvalue weighted by molar-refractivity contribution is 0.0148. The Kier molecular flexibility index (Phi) is 7.86. The number of carbonyl (C=O) groups excluding carboxylic acids is 1. The highest BCUT2D eigenvalue weighted by atomic mass is 35.5. The average Bonchev–Trinajstić information content (AvgIpc) is 3.39. The fourth-order valence-electron chi connectivity index (χ4n) is 4.14. The number of hydrogen-bond donors (Lipinski definition) is 1. The predicted molar refractivity (Wildman–Crippen MR) is 129 cm³/mol. The van der Waals surface area contributed by atoms with E-state index in [1.54, 1.807) is 34.8 Å². The largest absolute Gasteiger partial charge is 0.441 e. The van der Waals surface area contributed by atoms with E-state index in [-0.39, 0.29) is 30.9 Å². The number of hydrogen-bond acceptors (Lipinski definition) is 8. The summed E-state index contributed by atoms with van der Waals surface area (Å²) in [5.41, 5.74) is 2.08. The van der Waals surface area contributed by atoms with Crippen LogP contribution in [0, 0.1) is 5.92 Å². The number of thiazole rings is 1. The normalized spacial score (nSPS) is 22.1. The summed E-state index contributed by atoms with van der Waals surface area (Å²) in [6.07, 6.45) is 9.99. The first kappa shape index (κ1) is 24.2. The molecule has 3 aromatic heterocycles. The Morgan fingerprint density at radius 3 is 2.66 bits per heavy atom. The summed E-state index contributed by atoms with van der Waals surface area (Å²) in [7, 11) is 0. The number of nitrogens with one attached hydrogen (secondary N) is 1. The first-order valence-corrected chi connectivity index (χ1v) is 11.0. The zero-order valence-corrected chi connectivity index (χ0v) is 19.7. The molecule has 1 saturated carbocycles. The predicted octanol–water partition coefficient (Wildman–Crippen LogP) is 4.84. The molecule has 0 atom stereocenters. The third-order valence-corrected chi connectivity index (χ3v) is 6.62. The van der Waals surface area contributed by atoms with Crippen molar-refractivity contribution < 1.29 is 9.53 Å². The van der Waals surface area contributed by atoms with Crippen LogP contribution < -0.4 is 10.2 Å². The Morgan fingerprint density at radius 1 is 1.16 bits per heavy atom. The van der Waals surface area contributed by atoms with Crippen LogP contribution in [-0.4, -0.2) is 44.7 Å². The van der Waals surface area contributed by atoms with Crippen molar-refractivity contribution in [3.63, 3.8) is 0 Å². The third-order valence-electron chi connectivity index (χ3n) is 5.82. The maximum Gasteiger partial charge on any atom is 0.415 e. The molecule has 1 N–H and O–H groups in total. The van der Waals surface area contributed by atoms with Crippen LogP contribution in [0.25, 0.3) is 11.4 Å². The highest BCUT2D eigenvalue weighted by Crippen LogP contribution is 2.40. The van der Waals surface area contributed by atoms with Gasteiger partial charge in [-0.1, -0.05) is 6.07 Å². The number of halogens is 2. The summed E-state index contributed by atoms with van der Waals surface area (Å²) in [4.78, 5) is 31.0. The van der Waals surface area contributed by atoms with Crippen molar-refractivity contribution >= 4 is 53.1 Å². The van der Waals surface area contributed by atoms with Crippen LogP contribution >= 0.6 is 36.2 Å². The molecule has 11 heteroatoms. The summed E-state index contributed by atoms with van der Waals surface area (Å²) in [5.74, 6) is 0.533. The van der Waals surface area contributed by atoms with Gasteiger partial charge < -0.3 is 10.1 Å². The van der Waals surface area contributed by atoms with Crippen molar-refractivity contribution in [1.82, 2.24) is 19.9 Å². The Morgan fingerprint density at radius 2 is 1.94 bits per heavy atom. The maximum atomic E-state index is 12.4. The second kappa shape index (κ2) is 10.4. The van der Waals surface area contributed by atoms with Gasteiger partial charge in [0.15, 0.2) is 5.13 Å². The molecule has 1 amide bonds. The minimum atomic E-state index is -0.392. The molecule has 2 fully saturated rings. The van der Waals surface area contributed by atoms with Gasteiger partial charge >= 0.3 is 6.09 Å². The van der Waals surface area contributed by atoms with Gasteiger partial charge in [0, 0.05) is 18.1 Å². The van der Waals surface area contributed by atoms with E-state index in [4.69, 9.17) is 4.74 Å². The molecule has 4 heterocycles. The summed E-state index contributed by atoms with van der Waals surface area (Å²) in [5, 5.41) is 6.42. The fraction of sp³-hybridized carbons (Fsp3) is 0.381. The van der Waals surface area contributed by atoms with E-state index in [1.807, 2.05) is 23.6 Å². The van der Waals surface area contributed by atoms with Crippen LogP contribution in [0.5, 0.6) is 0 Å². The molecule has 32 heavy (non-hydrogen) atoms. The molecule has 1 spiro atoms. The first-order chi connectivity index (χ1) is 14.7. The van der Waals surface area contributed by atoms with E-state index in [9.17, 15) is 4.79 Å². The quantitative estimate of drug-likeness (QED) is 0.542. The van der Waals surface area contributed by atoms with Crippen molar-refractivity contribution in [2.24, 2.45) is 5.92 Å². The molecule has 5 rings (SSSR count). The van der Waals surface area contributed by atoms with Crippen LogP contribution in [0.15, 0.2) is 48.5 Å². The van der Waals surface area contributed by atoms with Gasteiger partial charge in [0.05, 0.1) is 30.3 Å². The number of amides is 1. The molecular formula is C21H24Cl2N6O2S. The van der Waals surface area contributed by atoms with Gasteiger partial charge in [0.2, 0.25) is 0 Å². The van der Waals surface area contributed by atoms with E-state index in [0.29, 0.717) is 18.2 Å². The molecule has 2 aliphatic rings. The number of aromatic nitrogens is 4. The topological polar surface area (TPSA) is 93.1 Å². The van der Waals surface area contributed by atoms with Crippen LogP contribution in [0.4, 0.5) is 15.6 Å². The summed E-state index contributed by atoms with van der Waals surface area (Å²) < 4.78 is 5.81. The lowest BCUT2D eigenvalue weighted by atomic mass is 9.78. The number of ether oxygens (including phenoxy) is 1.